The lowest BCUT2D eigenvalue weighted by molar-refractivity contribution is 0.0813. The summed E-state index contributed by atoms with van der Waals surface area (Å²) in [4.78, 5) is 26.9. The Labute approximate surface area is 179 Å². The monoisotopic (exact) mass is 426 g/mol. The van der Waals surface area contributed by atoms with Crippen molar-refractivity contribution < 1.29 is 14.3 Å². The third-order valence-electron chi connectivity index (χ3n) is 5.45. The van der Waals surface area contributed by atoms with Gasteiger partial charge in [-0.3, -0.25) is 20.1 Å². The van der Waals surface area contributed by atoms with Crippen LogP contribution in [0.2, 0.25) is 5.02 Å². The number of carbonyl (C=O) groups is 2. The largest absolute Gasteiger partial charge is 0.448 e. The number of ether oxygens (including phenoxy) is 1. The van der Waals surface area contributed by atoms with Gasteiger partial charge in [-0.15, -0.1) is 0 Å². The van der Waals surface area contributed by atoms with Gasteiger partial charge in [-0.2, -0.15) is 5.10 Å². The van der Waals surface area contributed by atoms with Gasteiger partial charge < -0.3 is 4.74 Å². The molecule has 0 unspecified atom stereocenters. The van der Waals surface area contributed by atoms with Gasteiger partial charge in [0.05, 0.1) is 17.4 Å². The first-order valence-electron chi connectivity index (χ1n) is 9.98. The van der Waals surface area contributed by atoms with E-state index in [0.29, 0.717) is 29.4 Å². The molecule has 156 valence electrons. The Balaban J connectivity index is 1.19. The van der Waals surface area contributed by atoms with Crippen LogP contribution in [0.5, 0.6) is 0 Å². The first kappa shape index (κ1) is 20.4. The predicted molar refractivity (Wildman–Crippen MR) is 116 cm³/mol. The van der Waals surface area contributed by atoms with E-state index in [9.17, 15) is 9.59 Å². The minimum Gasteiger partial charge on any atom is -0.448 e. The van der Waals surface area contributed by atoms with E-state index >= 15 is 0 Å². The van der Waals surface area contributed by atoms with Crippen molar-refractivity contribution in [3.05, 3.63) is 59.2 Å². The summed E-state index contributed by atoms with van der Waals surface area (Å²) in [7, 11) is 0. The SMILES string of the molecule is O=C(Nc1cccc2[nH]ncc12)OCCN1CCC(C(=O)c2ccc(Cl)cc2)CC1. The molecule has 1 aliphatic heterocycles. The molecule has 1 amide bonds. The van der Waals surface area contributed by atoms with Crippen molar-refractivity contribution in [1.29, 1.82) is 0 Å². The van der Waals surface area contributed by atoms with Crippen LogP contribution in [0.3, 0.4) is 0 Å². The molecule has 0 bridgehead atoms. The molecule has 30 heavy (non-hydrogen) atoms. The number of benzene rings is 2. The van der Waals surface area contributed by atoms with E-state index in [2.05, 4.69) is 20.4 Å². The second-order valence-electron chi connectivity index (χ2n) is 7.38. The van der Waals surface area contributed by atoms with Crippen molar-refractivity contribution >= 4 is 40.1 Å². The van der Waals surface area contributed by atoms with E-state index in [0.717, 1.165) is 36.8 Å². The number of carbonyl (C=O) groups excluding carboxylic acids is 2. The molecule has 0 spiro atoms. The number of nitrogens with one attached hydrogen (secondary N) is 2. The Morgan fingerprint density at radius 3 is 2.70 bits per heavy atom. The third kappa shape index (κ3) is 4.80. The number of Topliss-reactive ketones (excluding diaryl/α,β-unsaturated/α-hetero) is 1. The van der Waals surface area contributed by atoms with Crippen molar-refractivity contribution in [1.82, 2.24) is 15.1 Å². The van der Waals surface area contributed by atoms with Gasteiger partial charge in [0.2, 0.25) is 0 Å². The molecule has 1 saturated heterocycles. The van der Waals surface area contributed by atoms with Crippen LogP contribution in [0.25, 0.3) is 10.9 Å². The Morgan fingerprint density at radius 1 is 1.17 bits per heavy atom. The molecule has 2 heterocycles. The number of hydrogen-bond acceptors (Lipinski definition) is 5. The zero-order chi connectivity index (χ0) is 20.9. The second-order valence-corrected chi connectivity index (χ2v) is 7.82. The lowest BCUT2D eigenvalue weighted by Crippen LogP contribution is -2.38. The lowest BCUT2D eigenvalue weighted by Gasteiger charge is -2.31. The van der Waals surface area contributed by atoms with Crippen molar-refractivity contribution in [3.8, 4) is 0 Å². The minimum absolute atomic E-state index is 0.0297. The van der Waals surface area contributed by atoms with Crippen molar-refractivity contribution in [2.24, 2.45) is 5.92 Å². The number of anilines is 1. The standard InChI is InChI=1S/C22H23ClN4O3/c23-17-6-4-15(5-7-17)21(28)16-8-10-27(11-9-16)12-13-30-22(29)25-19-2-1-3-20-18(19)14-24-26-20/h1-7,14,16H,8-13H2,(H,24,26)(H,25,29). The summed E-state index contributed by atoms with van der Waals surface area (Å²) in [5, 5.41) is 11.1. The number of likely N-dealkylation sites (tertiary alicyclic amines) is 1. The van der Waals surface area contributed by atoms with Gasteiger partial charge >= 0.3 is 6.09 Å². The van der Waals surface area contributed by atoms with Gasteiger partial charge in [0.1, 0.15) is 6.61 Å². The zero-order valence-electron chi connectivity index (χ0n) is 16.4. The second kappa shape index (κ2) is 9.28. The number of ketones is 1. The maximum Gasteiger partial charge on any atom is 0.411 e. The highest BCUT2D eigenvalue weighted by Gasteiger charge is 2.25. The molecular weight excluding hydrogens is 404 g/mol. The zero-order valence-corrected chi connectivity index (χ0v) is 17.2. The Morgan fingerprint density at radius 2 is 1.93 bits per heavy atom. The van der Waals surface area contributed by atoms with Crippen molar-refractivity contribution in [2.75, 3.05) is 31.6 Å². The number of aromatic nitrogens is 2. The molecule has 2 N–H and O–H groups in total. The average molecular weight is 427 g/mol. The molecule has 4 rings (SSSR count). The van der Waals surface area contributed by atoms with E-state index in [1.54, 1.807) is 30.5 Å². The molecule has 2 aromatic carbocycles. The average Bonchev–Trinajstić information content (AvgIpc) is 3.24. The quantitative estimate of drug-likeness (QED) is 0.572. The van der Waals surface area contributed by atoms with E-state index in [1.807, 2.05) is 18.2 Å². The van der Waals surface area contributed by atoms with Gasteiger partial charge in [-0.05, 0) is 62.3 Å². The number of fused-ring (bicyclic) bond motifs is 1. The molecule has 1 aromatic heterocycles. The van der Waals surface area contributed by atoms with E-state index in [1.165, 1.54) is 0 Å². The number of piperidine rings is 1. The number of H-pyrrole nitrogens is 1. The first-order valence-corrected chi connectivity index (χ1v) is 10.4. The van der Waals surface area contributed by atoms with Crippen LogP contribution in [-0.4, -0.2) is 53.2 Å². The highest BCUT2D eigenvalue weighted by molar-refractivity contribution is 6.30. The summed E-state index contributed by atoms with van der Waals surface area (Å²) >= 11 is 5.90. The Bertz CT molecular complexity index is 1030. The summed E-state index contributed by atoms with van der Waals surface area (Å²) in [6.07, 6.45) is 2.78. The predicted octanol–water partition coefficient (Wildman–Crippen LogP) is 4.36. The Hall–Kier alpha value is -2.90. The van der Waals surface area contributed by atoms with Crippen LogP contribution < -0.4 is 5.32 Å². The molecule has 1 fully saturated rings. The maximum absolute atomic E-state index is 12.6. The number of halogens is 1. The number of amides is 1. The molecule has 7 nitrogen and oxygen atoms in total. The van der Waals surface area contributed by atoms with Gasteiger partial charge in [-0.1, -0.05) is 17.7 Å². The molecule has 0 aliphatic carbocycles. The summed E-state index contributed by atoms with van der Waals surface area (Å²) in [6, 6.07) is 12.6. The van der Waals surface area contributed by atoms with Crippen LogP contribution in [0, 0.1) is 5.92 Å². The minimum atomic E-state index is -0.489. The lowest BCUT2D eigenvalue weighted by atomic mass is 9.89. The number of nitrogens with zero attached hydrogens (tertiary/aromatic N) is 2. The molecule has 8 heteroatoms. The topological polar surface area (TPSA) is 87.3 Å². The van der Waals surface area contributed by atoms with Crippen LogP contribution >= 0.6 is 11.6 Å². The van der Waals surface area contributed by atoms with E-state index in [-0.39, 0.29) is 11.7 Å². The number of rotatable bonds is 6. The van der Waals surface area contributed by atoms with E-state index < -0.39 is 6.09 Å². The highest BCUT2D eigenvalue weighted by Crippen LogP contribution is 2.23. The smallest absolute Gasteiger partial charge is 0.411 e. The van der Waals surface area contributed by atoms with Gasteiger partial charge in [0.15, 0.2) is 5.78 Å². The molecule has 0 radical (unpaired) electrons. The maximum atomic E-state index is 12.6. The van der Waals surface area contributed by atoms with Crippen molar-refractivity contribution in [3.63, 3.8) is 0 Å². The van der Waals surface area contributed by atoms with Crippen LogP contribution in [0.15, 0.2) is 48.7 Å². The fourth-order valence-electron chi connectivity index (χ4n) is 3.76. The normalized spacial score (nSPS) is 15.2. The van der Waals surface area contributed by atoms with Crippen LogP contribution in [0.1, 0.15) is 23.2 Å². The number of hydrogen-bond donors (Lipinski definition) is 2. The van der Waals surface area contributed by atoms with Crippen LogP contribution in [0.4, 0.5) is 10.5 Å². The molecule has 0 saturated carbocycles. The third-order valence-corrected chi connectivity index (χ3v) is 5.70. The summed E-state index contributed by atoms with van der Waals surface area (Å²) in [5.74, 6) is 0.206. The van der Waals surface area contributed by atoms with Crippen LogP contribution in [-0.2, 0) is 4.74 Å². The summed E-state index contributed by atoms with van der Waals surface area (Å²) in [6.45, 7) is 2.56. The highest BCUT2D eigenvalue weighted by atomic mass is 35.5. The first-order chi connectivity index (χ1) is 14.6. The Kier molecular flexibility index (Phi) is 6.30. The molecule has 0 atom stereocenters. The molecule has 3 aromatic rings. The number of aromatic amines is 1. The fraction of sp³-hybridized carbons (Fsp3) is 0.318. The van der Waals surface area contributed by atoms with E-state index in [4.69, 9.17) is 16.3 Å². The van der Waals surface area contributed by atoms with Gasteiger partial charge in [-0.25, -0.2) is 4.79 Å². The van der Waals surface area contributed by atoms with Crippen molar-refractivity contribution in [2.45, 2.75) is 12.8 Å². The summed E-state index contributed by atoms with van der Waals surface area (Å²) in [5.41, 5.74) is 2.22. The molecular formula is C22H23ClN4O3. The fourth-order valence-corrected chi connectivity index (χ4v) is 3.89. The van der Waals surface area contributed by atoms with Gasteiger partial charge in [0.25, 0.3) is 0 Å². The summed E-state index contributed by atoms with van der Waals surface area (Å²) < 4.78 is 5.33. The molecule has 1 aliphatic rings. The van der Waals surface area contributed by atoms with Gasteiger partial charge in [0, 0.05) is 28.4 Å².